The lowest BCUT2D eigenvalue weighted by molar-refractivity contribution is 0.0944. The smallest absolute Gasteiger partial charge is 0.0472 e. The number of benzene rings is 1. The highest BCUT2D eigenvalue weighted by Crippen LogP contribution is 2.28. The Kier molecular flexibility index (Phi) is 5.41. The van der Waals surface area contributed by atoms with Gasteiger partial charge in [0.1, 0.15) is 0 Å². The van der Waals surface area contributed by atoms with Crippen LogP contribution < -0.4 is 5.32 Å². The molecule has 1 aromatic rings. The molecule has 1 aromatic carbocycles. The van der Waals surface area contributed by atoms with E-state index in [1.54, 1.807) is 0 Å². The molecule has 1 aliphatic heterocycles. The second-order valence-electron chi connectivity index (χ2n) is 6.13. The van der Waals surface area contributed by atoms with E-state index in [0.717, 1.165) is 24.9 Å². The first kappa shape index (κ1) is 14.5. The van der Waals surface area contributed by atoms with Crippen molar-refractivity contribution in [1.29, 1.82) is 0 Å². The fraction of sp³-hybridized carbons (Fsp3) is 0.647. The van der Waals surface area contributed by atoms with Gasteiger partial charge < -0.3 is 5.32 Å². The Morgan fingerprint density at radius 1 is 1.16 bits per heavy atom. The minimum atomic E-state index is 0.520. The van der Waals surface area contributed by atoms with Crippen molar-refractivity contribution in [3.05, 3.63) is 35.9 Å². The molecule has 19 heavy (non-hydrogen) atoms. The fourth-order valence-corrected chi connectivity index (χ4v) is 3.38. The van der Waals surface area contributed by atoms with Crippen molar-refractivity contribution in [1.82, 2.24) is 10.2 Å². The van der Waals surface area contributed by atoms with Gasteiger partial charge in [-0.2, -0.15) is 0 Å². The average molecular weight is 260 g/mol. The molecule has 106 valence electrons. The predicted molar refractivity (Wildman–Crippen MR) is 82.2 cm³/mol. The van der Waals surface area contributed by atoms with Gasteiger partial charge in [0.2, 0.25) is 0 Å². The number of piperidine rings is 1. The van der Waals surface area contributed by atoms with Crippen LogP contribution in [-0.4, -0.2) is 31.1 Å². The molecule has 1 saturated heterocycles. The van der Waals surface area contributed by atoms with E-state index in [9.17, 15) is 0 Å². The quantitative estimate of drug-likeness (QED) is 0.873. The van der Waals surface area contributed by atoms with Gasteiger partial charge in [-0.05, 0) is 30.4 Å². The second-order valence-corrected chi connectivity index (χ2v) is 6.13. The summed E-state index contributed by atoms with van der Waals surface area (Å²) in [5.74, 6) is 1.63. The van der Waals surface area contributed by atoms with Crippen LogP contribution in [0, 0.1) is 11.8 Å². The normalized spacial score (nSPS) is 26.3. The van der Waals surface area contributed by atoms with Gasteiger partial charge in [0.25, 0.3) is 0 Å². The van der Waals surface area contributed by atoms with E-state index in [2.05, 4.69) is 61.3 Å². The molecule has 0 aromatic heterocycles. The highest BCUT2D eigenvalue weighted by molar-refractivity contribution is 5.19. The topological polar surface area (TPSA) is 15.3 Å². The molecule has 0 amide bonds. The lowest BCUT2D eigenvalue weighted by Gasteiger charge is -2.40. The Labute approximate surface area is 118 Å². The zero-order chi connectivity index (χ0) is 13.7. The third-order valence-electron chi connectivity index (χ3n) is 4.11. The molecule has 0 radical (unpaired) electrons. The fourth-order valence-electron chi connectivity index (χ4n) is 3.38. The number of nitrogens with zero attached hydrogens (tertiary/aromatic N) is 1. The van der Waals surface area contributed by atoms with Gasteiger partial charge >= 0.3 is 0 Å². The summed E-state index contributed by atoms with van der Waals surface area (Å²) < 4.78 is 0. The highest BCUT2D eigenvalue weighted by atomic mass is 15.2. The van der Waals surface area contributed by atoms with Crippen molar-refractivity contribution in [3.8, 4) is 0 Å². The molecule has 2 heteroatoms. The minimum absolute atomic E-state index is 0.520. The van der Waals surface area contributed by atoms with Crippen LogP contribution in [0.5, 0.6) is 0 Å². The number of rotatable bonds is 5. The molecular weight excluding hydrogens is 232 g/mol. The molecule has 2 nitrogen and oxygen atoms in total. The monoisotopic (exact) mass is 260 g/mol. The maximum absolute atomic E-state index is 3.53. The summed E-state index contributed by atoms with van der Waals surface area (Å²) in [5.41, 5.74) is 1.45. The van der Waals surface area contributed by atoms with Crippen LogP contribution in [0.3, 0.4) is 0 Å². The predicted octanol–water partition coefficient (Wildman–Crippen LogP) is 3.32. The SMILES string of the molecule is CCNCC(c1ccccc1)N1CC(C)CC(C)C1. The molecule has 0 spiro atoms. The van der Waals surface area contributed by atoms with Crippen molar-refractivity contribution in [2.45, 2.75) is 33.2 Å². The van der Waals surface area contributed by atoms with Crippen LogP contribution in [0.25, 0.3) is 0 Å². The second kappa shape index (κ2) is 7.06. The molecule has 3 atom stereocenters. The van der Waals surface area contributed by atoms with Crippen LogP contribution in [0.2, 0.25) is 0 Å². The third kappa shape index (κ3) is 4.05. The Bertz CT molecular complexity index is 353. The third-order valence-corrected chi connectivity index (χ3v) is 4.11. The van der Waals surface area contributed by atoms with E-state index in [1.165, 1.54) is 25.1 Å². The van der Waals surface area contributed by atoms with E-state index in [-0.39, 0.29) is 0 Å². The highest BCUT2D eigenvalue weighted by Gasteiger charge is 2.27. The zero-order valence-corrected chi connectivity index (χ0v) is 12.6. The van der Waals surface area contributed by atoms with E-state index < -0.39 is 0 Å². The molecular formula is C17H28N2. The summed E-state index contributed by atoms with van der Waals surface area (Å²) in [6, 6.07) is 11.5. The van der Waals surface area contributed by atoms with Gasteiger partial charge in [0.05, 0.1) is 0 Å². The van der Waals surface area contributed by atoms with Crippen LogP contribution >= 0.6 is 0 Å². The van der Waals surface area contributed by atoms with E-state index in [1.807, 2.05) is 0 Å². The van der Waals surface area contributed by atoms with Gasteiger partial charge in [0.15, 0.2) is 0 Å². The number of nitrogens with one attached hydrogen (secondary N) is 1. The lowest BCUT2D eigenvalue weighted by atomic mass is 9.89. The summed E-state index contributed by atoms with van der Waals surface area (Å²) in [6.07, 6.45) is 1.37. The van der Waals surface area contributed by atoms with Crippen molar-refractivity contribution in [2.24, 2.45) is 11.8 Å². The molecule has 1 heterocycles. The number of hydrogen-bond acceptors (Lipinski definition) is 2. The molecule has 0 bridgehead atoms. The van der Waals surface area contributed by atoms with E-state index in [4.69, 9.17) is 0 Å². The average Bonchev–Trinajstić information content (AvgIpc) is 2.39. The van der Waals surface area contributed by atoms with Crippen molar-refractivity contribution >= 4 is 0 Å². The number of likely N-dealkylation sites (N-methyl/N-ethyl adjacent to an activating group) is 1. The maximum atomic E-state index is 3.53. The van der Waals surface area contributed by atoms with Crippen molar-refractivity contribution in [3.63, 3.8) is 0 Å². The van der Waals surface area contributed by atoms with Gasteiger partial charge in [-0.3, -0.25) is 4.90 Å². The van der Waals surface area contributed by atoms with Crippen molar-refractivity contribution in [2.75, 3.05) is 26.2 Å². The molecule has 1 aliphatic rings. The summed E-state index contributed by atoms with van der Waals surface area (Å²) in [6.45, 7) is 11.5. The van der Waals surface area contributed by atoms with Gasteiger partial charge in [-0.25, -0.2) is 0 Å². The summed E-state index contributed by atoms with van der Waals surface area (Å²) in [4.78, 5) is 2.68. The van der Waals surface area contributed by atoms with Crippen LogP contribution in [0.4, 0.5) is 0 Å². The van der Waals surface area contributed by atoms with Crippen LogP contribution in [0.1, 0.15) is 38.8 Å². The lowest BCUT2D eigenvalue weighted by Crippen LogP contribution is -2.44. The summed E-state index contributed by atoms with van der Waals surface area (Å²) >= 11 is 0. The van der Waals surface area contributed by atoms with Crippen LogP contribution in [-0.2, 0) is 0 Å². The molecule has 1 fully saturated rings. The molecule has 0 aliphatic carbocycles. The Morgan fingerprint density at radius 3 is 2.37 bits per heavy atom. The van der Waals surface area contributed by atoms with Gasteiger partial charge in [-0.15, -0.1) is 0 Å². The minimum Gasteiger partial charge on any atom is -0.315 e. The molecule has 2 rings (SSSR count). The molecule has 3 unspecified atom stereocenters. The first-order valence-corrected chi connectivity index (χ1v) is 7.70. The first-order valence-electron chi connectivity index (χ1n) is 7.70. The van der Waals surface area contributed by atoms with E-state index in [0.29, 0.717) is 6.04 Å². The Hall–Kier alpha value is -0.860. The zero-order valence-electron chi connectivity index (χ0n) is 12.6. The maximum Gasteiger partial charge on any atom is 0.0472 e. The van der Waals surface area contributed by atoms with Gasteiger partial charge in [-0.1, -0.05) is 51.1 Å². The summed E-state index contributed by atoms with van der Waals surface area (Å²) in [5, 5.41) is 3.53. The Balaban J connectivity index is 2.12. The Morgan fingerprint density at radius 2 is 1.79 bits per heavy atom. The standard InChI is InChI=1S/C17H28N2/c1-4-18-11-17(16-8-6-5-7-9-16)19-12-14(2)10-15(3)13-19/h5-9,14-15,17-18H,4,10-13H2,1-3H3. The number of likely N-dealkylation sites (tertiary alicyclic amines) is 1. The van der Waals surface area contributed by atoms with Crippen LogP contribution in [0.15, 0.2) is 30.3 Å². The van der Waals surface area contributed by atoms with Gasteiger partial charge in [0, 0.05) is 25.7 Å². The number of hydrogen-bond donors (Lipinski definition) is 1. The van der Waals surface area contributed by atoms with E-state index >= 15 is 0 Å². The largest absolute Gasteiger partial charge is 0.315 e. The molecule has 1 N–H and O–H groups in total. The molecule has 0 saturated carbocycles. The first-order chi connectivity index (χ1) is 9.20. The van der Waals surface area contributed by atoms with Crippen molar-refractivity contribution < 1.29 is 0 Å². The summed E-state index contributed by atoms with van der Waals surface area (Å²) in [7, 11) is 0.